The van der Waals surface area contributed by atoms with Crippen LogP contribution in [0.3, 0.4) is 0 Å². The molecule has 0 spiro atoms. The summed E-state index contributed by atoms with van der Waals surface area (Å²) in [5.74, 6) is -0.246. The number of carboxylic acid groups (broad SMARTS) is 1. The van der Waals surface area contributed by atoms with Crippen molar-refractivity contribution in [3.05, 3.63) is 29.8 Å². The first-order valence-corrected chi connectivity index (χ1v) is 6.65. The van der Waals surface area contributed by atoms with Crippen LogP contribution >= 0.6 is 0 Å². The molecular weight excluding hydrogens is 258 g/mol. The van der Waals surface area contributed by atoms with Gasteiger partial charge in [-0.2, -0.15) is 0 Å². The predicted octanol–water partition coefficient (Wildman–Crippen LogP) is 1.85. The zero-order chi connectivity index (χ0) is 15.0. The van der Waals surface area contributed by atoms with Crippen LogP contribution in [0.2, 0.25) is 0 Å². The molecule has 0 radical (unpaired) electrons. The highest BCUT2D eigenvalue weighted by atomic mass is 16.5. The Morgan fingerprint density at radius 1 is 1.30 bits per heavy atom. The van der Waals surface area contributed by atoms with Crippen LogP contribution in [0.15, 0.2) is 24.3 Å². The average molecular weight is 279 g/mol. The van der Waals surface area contributed by atoms with Gasteiger partial charge < -0.3 is 15.2 Å². The molecule has 1 rings (SSSR count). The van der Waals surface area contributed by atoms with Crippen molar-refractivity contribution in [3.8, 4) is 5.75 Å². The Bertz CT molecular complexity index is 442. The zero-order valence-corrected chi connectivity index (χ0v) is 11.9. The molecule has 0 heterocycles. The summed E-state index contributed by atoms with van der Waals surface area (Å²) in [6, 6.07) is 7.61. The molecule has 1 aromatic carbocycles. The summed E-state index contributed by atoms with van der Waals surface area (Å²) < 4.78 is 5.08. The maximum Gasteiger partial charge on any atom is 0.303 e. The van der Waals surface area contributed by atoms with Crippen LogP contribution in [0.5, 0.6) is 5.75 Å². The molecular formula is C15H21NO4. The van der Waals surface area contributed by atoms with Crippen LogP contribution in [-0.2, 0) is 16.0 Å². The van der Waals surface area contributed by atoms with Crippen molar-refractivity contribution in [1.82, 2.24) is 5.32 Å². The molecule has 5 heteroatoms. The average Bonchev–Trinajstić information content (AvgIpc) is 2.44. The number of hydrogen-bond donors (Lipinski definition) is 2. The van der Waals surface area contributed by atoms with Crippen LogP contribution in [0.4, 0.5) is 0 Å². The SMILES string of the molecule is COc1ccc(CC(C)C(=O)NCCCC(=O)O)cc1. The van der Waals surface area contributed by atoms with Gasteiger partial charge in [-0.3, -0.25) is 9.59 Å². The van der Waals surface area contributed by atoms with Crippen molar-refractivity contribution in [1.29, 1.82) is 0 Å². The normalized spacial score (nSPS) is 11.7. The number of carbonyl (C=O) groups is 2. The Morgan fingerprint density at radius 3 is 2.50 bits per heavy atom. The van der Waals surface area contributed by atoms with Gasteiger partial charge in [-0.15, -0.1) is 0 Å². The van der Waals surface area contributed by atoms with Gasteiger partial charge in [0.1, 0.15) is 5.75 Å². The van der Waals surface area contributed by atoms with Crippen LogP contribution in [0.25, 0.3) is 0 Å². The summed E-state index contributed by atoms with van der Waals surface area (Å²) in [4.78, 5) is 22.2. The molecule has 2 N–H and O–H groups in total. The number of methoxy groups -OCH3 is 1. The third kappa shape index (κ3) is 5.73. The molecule has 0 fully saturated rings. The Balaban J connectivity index is 2.34. The van der Waals surface area contributed by atoms with Gasteiger partial charge >= 0.3 is 5.97 Å². The minimum atomic E-state index is -0.842. The summed E-state index contributed by atoms with van der Waals surface area (Å²) >= 11 is 0. The molecule has 1 amide bonds. The van der Waals surface area contributed by atoms with E-state index in [1.54, 1.807) is 7.11 Å². The second-order valence-corrected chi connectivity index (χ2v) is 4.74. The molecule has 110 valence electrons. The number of rotatable bonds is 8. The molecule has 0 aliphatic rings. The van der Waals surface area contributed by atoms with Gasteiger partial charge in [0.25, 0.3) is 0 Å². The number of nitrogens with one attached hydrogen (secondary N) is 1. The molecule has 0 aliphatic carbocycles. The first-order valence-electron chi connectivity index (χ1n) is 6.65. The largest absolute Gasteiger partial charge is 0.497 e. The van der Waals surface area contributed by atoms with Crippen LogP contribution < -0.4 is 10.1 Å². The first kappa shape index (κ1) is 16.0. The van der Waals surface area contributed by atoms with Crippen LogP contribution in [0.1, 0.15) is 25.3 Å². The van der Waals surface area contributed by atoms with E-state index in [0.717, 1.165) is 11.3 Å². The fourth-order valence-corrected chi connectivity index (χ4v) is 1.83. The number of carbonyl (C=O) groups excluding carboxylic acids is 1. The van der Waals surface area contributed by atoms with E-state index in [1.165, 1.54) is 0 Å². The maximum absolute atomic E-state index is 11.8. The highest BCUT2D eigenvalue weighted by Crippen LogP contribution is 2.14. The van der Waals surface area contributed by atoms with E-state index in [9.17, 15) is 9.59 Å². The molecule has 0 aliphatic heterocycles. The number of amides is 1. The second kappa shape index (κ2) is 8.19. The Morgan fingerprint density at radius 2 is 1.95 bits per heavy atom. The number of aliphatic carboxylic acids is 1. The van der Waals surface area contributed by atoms with Gasteiger partial charge in [0.05, 0.1) is 7.11 Å². The van der Waals surface area contributed by atoms with Gasteiger partial charge in [-0.05, 0) is 30.5 Å². The first-order chi connectivity index (χ1) is 9.52. The zero-order valence-electron chi connectivity index (χ0n) is 11.9. The van der Waals surface area contributed by atoms with Crippen molar-refractivity contribution < 1.29 is 19.4 Å². The lowest BCUT2D eigenvalue weighted by atomic mass is 10.0. The number of ether oxygens (including phenoxy) is 1. The topological polar surface area (TPSA) is 75.6 Å². The summed E-state index contributed by atoms with van der Waals surface area (Å²) in [6.45, 7) is 2.26. The summed E-state index contributed by atoms with van der Waals surface area (Å²) in [5, 5.41) is 11.3. The lowest BCUT2D eigenvalue weighted by Crippen LogP contribution is -2.31. The molecule has 1 atom stereocenters. The summed E-state index contributed by atoms with van der Waals surface area (Å²) in [6.07, 6.45) is 1.18. The van der Waals surface area contributed by atoms with E-state index in [4.69, 9.17) is 9.84 Å². The number of hydrogen-bond acceptors (Lipinski definition) is 3. The standard InChI is InChI=1S/C15H21NO4/c1-11(15(19)16-9-3-4-14(17)18)10-12-5-7-13(20-2)8-6-12/h5-8,11H,3-4,9-10H2,1-2H3,(H,16,19)(H,17,18). The minimum Gasteiger partial charge on any atom is -0.497 e. The van der Waals surface area contributed by atoms with Gasteiger partial charge in [-0.1, -0.05) is 19.1 Å². The molecule has 0 saturated carbocycles. The van der Waals surface area contributed by atoms with Gasteiger partial charge in [0, 0.05) is 18.9 Å². The predicted molar refractivity (Wildman–Crippen MR) is 75.7 cm³/mol. The van der Waals surface area contributed by atoms with E-state index >= 15 is 0 Å². The fourth-order valence-electron chi connectivity index (χ4n) is 1.83. The molecule has 0 saturated heterocycles. The summed E-state index contributed by atoms with van der Waals surface area (Å²) in [5.41, 5.74) is 1.07. The van der Waals surface area contributed by atoms with Gasteiger partial charge in [0.2, 0.25) is 5.91 Å². The number of carboxylic acids is 1. The molecule has 5 nitrogen and oxygen atoms in total. The Hall–Kier alpha value is -2.04. The highest BCUT2D eigenvalue weighted by Gasteiger charge is 2.13. The minimum absolute atomic E-state index is 0.0498. The van der Waals surface area contributed by atoms with Crippen molar-refractivity contribution >= 4 is 11.9 Å². The van der Waals surface area contributed by atoms with Crippen molar-refractivity contribution in [2.24, 2.45) is 5.92 Å². The van der Waals surface area contributed by atoms with Crippen molar-refractivity contribution in [2.75, 3.05) is 13.7 Å². The van der Waals surface area contributed by atoms with E-state index in [-0.39, 0.29) is 18.2 Å². The third-order valence-corrected chi connectivity index (χ3v) is 3.02. The van der Waals surface area contributed by atoms with Crippen molar-refractivity contribution in [2.45, 2.75) is 26.2 Å². The van der Waals surface area contributed by atoms with E-state index < -0.39 is 5.97 Å². The van der Waals surface area contributed by atoms with Crippen molar-refractivity contribution in [3.63, 3.8) is 0 Å². The Labute approximate surface area is 118 Å². The van der Waals surface area contributed by atoms with Gasteiger partial charge in [0.15, 0.2) is 0 Å². The molecule has 0 aromatic heterocycles. The number of benzene rings is 1. The smallest absolute Gasteiger partial charge is 0.303 e. The molecule has 20 heavy (non-hydrogen) atoms. The van der Waals surface area contributed by atoms with Crippen LogP contribution in [-0.4, -0.2) is 30.6 Å². The second-order valence-electron chi connectivity index (χ2n) is 4.74. The lowest BCUT2D eigenvalue weighted by molar-refractivity contribution is -0.137. The Kier molecular flexibility index (Phi) is 6.56. The third-order valence-electron chi connectivity index (χ3n) is 3.02. The lowest BCUT2D eigenvalue weighted by Gasteiger charge is -2.12. The van der Waals surface area contributed by atoms with E-state index in [0.29, 0.717) is 19.4 Å². The van der Waals surface area contributed by atoms with Gasteiger partial charge in [-0.25, -0.2) is 0 Å². The monoisotopic (exact) mass is 279 g/mol. The highest BCUT2D eigenvalue weighted by molar-refractivity contribution is 5.78. The van der Waals surface area contributed by atoms with E-state index in [2.05, 4.69) is 5.32 Å². The quantitative estimate of drug-likeness (QED) is 0.712. The van der Waals surface area contributed by atoms with E-state index in [1.807, 2.05) is 31.2 Å². The summed E-state index contributed by atoms with van der Waals surface area (Å²) in [7, 11) is 1.61. The van der Waals surface area contributed by atoms with Crippen LogP contribution in [0, 0.1) is 5.92 Å². The molecule has 1 aromatic rings. The molecule has 1 unspecified atom stereocenters. The fraction of sp³-hybridized carbons (Fsp3) is 0.467. The molecule has 0 bridgehead atoms. The maximum atomic E-state index is 11.8.